The van der Waals surface area contributed by atoms with Crippen molar-refractivity contribution in [1.29, 1.82) is 0 Å². The molecule has 4 aromatic rings. The summed E-state index contributed by atoms with van der Waals surface area (Å²) in [5, 5.41) is 13.9. The minimum atomic E-state index is -1.50. The number of esters is 1. The number of rotatable bonds is 2. The summed E-state index contributed by atoms with van der Waals surface area (Å²) >= 11 is 0. The van der Waals surface area contributed by atoms with Gasteiger partial charge in [0.15, 0.2) is 6.10 Å². The lowest BCUT2D eigenvalue weighted by Crippen LogP contribution is -2.57. The van der Waals surface area contributed by atoms with Crippen LogP contribution in [0.25, 0.3) is 33.1 Å². The van der Waals surface area contributed by atoms with E-state index in [1.54, 1.807) is 10.6 Å². The summed E-state index contributed by atoms with van der Waals surface area (Å²) in [7, 11) is 0. The third kappa shape index (κ3) is 4.15. The van der Waals surface area contributed by atoms with E-state index in [1.807, 2.05) is 43.9 Å². The van der Waals surface area contributed by atoms with E-state index in [0.29, 0.717) is 48.7 Å². The number of carbonyl (C=O) groups is 2. The van der Waals surface area contributed by atoms with Gasteiger partial charge in [0.1, 0.15) is 12.2 Å². The maximum atomic E-state index is 13.7. The average molecular weight is 595 g/mol. The molecule has 1 saturated carbocycles. The van der Waals surface area contributed by atoms with E-state index in [4.69, 9.17) is 14.5 Å². The lowest BCUT2D eigenvalue weighted by molar-refractivity contribution is -0.157. The van der Waals surface area contributed by atoms with Gasteiger partial charge in [-0.05, 0) is 62.1 Å². The molecular weight excluding hydrogens is 560 g/mol. The highest BCUT2D eigenvalue weighted by molar-refractivity contribution is 6.09. The normalized spacial score (nSPS) is 20.4. The fourth-order valence-corrected chi connectivity index (χ4v) is 7.26. The van der Waals surface area contributed by atoms with E-state index >= 15 is 0 Å². The zero-order valence-corrected chi connectivity index (χ0v) is 25.1. The van der Waals surface area contributed by atoms with E-state index in [9.17, 15) is 19.5 Å². The van der Waals surface area contributed by atoms with Crippen LogP contribution in [0.3, 0.4) is 0 Å². The van der Waals surface area contributed by atoms with Crippen molar-refractivity contribution < 1.29 is 24.2 Å². The molecule has 10 nitrogen and oxygen atoms in total. The second-order valence-corrected chi connectivity index (χ2v) is 13.5. The first-order valence-corrected chi connectivity index (χ1v) is 15.2. The van der Waals surface area contributed by atoms with Crippen molar-refractivity contribution in [2.45, 2.75) is 70.6 Å². The first-order valence-electron chi connectivity index (χ1n) is 15.2. The Morgan fingerprint density at radius 3 is 2.68 bits per heavy atom. The van der Waals surface area contributed by atoms with E-state index in [2.05, 4.69) is 23.1 Å². The van der Waals surface area contributed by atoms with Crippen molar-refractivity contribution in [3.63, 3.8) is 0 Å². The van der Waals surface area contributed by atoms with Crippen molar-refractivity contribution in [3.05, 3.63) is 75.1 Å². The van der Waals surface area contributed by atoms with Crippen LogP contribution < -0.4 is 5.56 Å². The number of aromatic nitrogens is 2. The molecule has 4 aliphatic rings. The molecule has 1 saturated heterocycles. The van der Waals surface area contributed by atoms with Gasteiger partial charge in [-0.25, -0.2) is 14.6 Å². The number of benzene rings is 2. The van der Waals surface area contributed by atoms with Gasteiger partial charge in [-0.1, -0.05) is 30.3 Å². The Morgan fingerprint density at radius 2 is 1.91 bits per heavy atom. The highest BCUT2D eigenvalue weighted by atomic mass is 16.6. The van der Waals surface area contributed by atoms with Crippen LogP contribution in [0.5, 0.6) is 0 Å². The fraction of sp³-hybridized carbons (Fsp3) is 0.412. The summed E-state index contributed by atoms with van der Waals surface area (Å²) in [6, 6.07) is 14.1. The third-order valence-corrected chi connectivity index (χ3v) is 9.51. The summed E-state index contributed by atoms with van der Waals surface area (Å²) in [6.07, 6.45) is 0.132. The van der Waals surface area contributed by atoms with E-state index in [0.717, 1.165) is 52.2 Å². The number of hydrogen-bond acceptors (Lipinski definition) is 8. The molecule has 8 rings (SSSR count). The van der Waals surface area contributed by atoms with Crippen LogP contribution in [-0.2, 0) is 34.0 Å². The zero-order chi connectivity index (χ0) is 30.5. The molecule has 3 aliphatic heterocycles. The quantitative estimate of drug-likeness (QED) is 0.238. The minimum absolute atomic E-state index is 0.155. The van der Waals surface area contributed by atoms with Crippen molar-refractivity contribution in [1.82, 2.24) is 19.4 Å². The van der Waals surface area contributed by atoms with Gasteiger partial charge in [0, 0.05) is 42.7 Å². The van der Waals surface area contributed by atoms with E-state index in [1.165, 1.54) is 0 Å². The number of ether oxygens (including phenoxy) is 2. The zero-order valence-electron chi connectivity index (χ0n) is 25.1. The predicted molar refractivity (Wildman–Crippen MR) is 163 cm³/mol. The van der Waals surface area contributed by atoms with Gasteiger partial charge in [0.25, 0.3) is 5.56 Å². The molecule has 1 atom stereocenters. The van der Waals surface area contributed by atoms with Gasteiger partial charge < -0.3 is 19.1 Å². The molecule has 1 unspecified atom stereocenters. The van der Waals surface area contributed by atoms with Crippen LogP contribution in [0.1, 0.15) is 62.0 Å². The topological polar surface area (TPSA) is 114 Å². The van der Waals surface area contributed by atoms with E-state index < -0.39 is 17.7 Å². The van der Waals surface area contributed by atoms with Crippen LogP contribution in [-0.4, -0.2) is 67.3 Å². The molecular formula is C34H34N4O6. The lowest BCUT2D eigenvalue weighted by atomic mass is 9.94. The summed E-state index contributed by atoms with van der Waals surface area (Å²) in [5.41, 5.74) is 3.74. The first-order chi connectivity index (χ1) is 21.0. The van der Waals surface area contributed by atoms with Crippen molar-refractivity contribution >= 4 is 33.7 Å². The largest absolute Gasteiger partial charge is 0.458 e. The number of aliphatic hydroxyl groups excluding tert-OH is 1. The Labute approximate surface area is 253 Å². The summed E-state index contributed by atoms with van der Waals surface area (Å²) < 4.78 is 12.5. The number of hydrogen-bond donors (Lipinski definition) is 1. The van der Waals surface area contributed by atoms with Crippen LogP contribution in [0.15, 0.2) is 47.3 Å². The number of pyridine rings is 2. The number of aliphatic hydroxyl groups is 1. The molecule has 10 heteroatoms. The Kier molecular flexibility index (Phi) is 5.80. The number of amides is 1. The monoisotopic (exact) mass is 594 g/mol. The Balaban J connectivity index is 1.24. The average Bonchev–Trinajstić information content (AvgIpc) is 3.63. The van der Waals surface area contributed by atoms with Crippen LogP contribution in [0.4, 0.5) is 4.79 Å². The molecule has 1 amide bonds. The van der Waals surface area contributed by atoms with Crippen molar-refractivity contribution in [2.24, 2.45) is 0 Å². The molecule has 2 aromatic carbocycles. The standard InChI is InChI=1S/C34H34N4O6/c1-33(2,3)44-32(42)38-13-12-36(18-34(38)10-11-34)15-22-23-16-37-26(14-21-24(30(37)40)17-43-31(41)29(21)39)28(23)35-25-9-8-19-6-4-5-7-20(19)27(22)25/h4-9,14,29,39H,10-13,15-18H2,1-3H3. The Hall–Kier alpha value is -4.28. The lowest BCUT2D eigenvalue weighted by Gasteiger charge is -2.42. The SMILES string of the molecule is CC(C)(C)OC(=O)N1CCN(Cc2c3c(nc4ccc5ccccc5c24)-c2cc4c(c(=O)n2C3)COC(=O)C4O)CC12CC2. The molecule has 5 heterocycles. The van der Waals surface area contributed by atoms with Crippen molar-refractivity contribution in [2.75, 3.05) is 19.6 Å². The third-order valence-electron chi connectivity index (χ3n) is 9.51. The summed E-state index contributed by atoms with van der Waals surface area (Å²) in [5.74, 6) is -0.752. The number of fused-ring (bicyclic) bond motifs is 7. The molecule has 2 aromatic heterocycles. The van der Waals surface area contributed by atoms with Crippen LogP contribution in [0.2, 0.25) is 0 Å². The van der Waals surface area contributed by atoms with Crippen LogP contribution >= 0.6 is 0 Å². The molecule has 44 heavy (non-hydrogen) atoms. The van der Waals surface area contributed by atoms with Crippen LogP contribution in [0, 0.1) is 0 Å². The molecule has 1 spiro atoms. The second-order valence-electron chi connectivity index (χ2n) is 13.5. The van der Waals surface area contributed by atoms with Gasteiger partial charge in [0.05, 0.1) is 34.6 Å². The van der Waals surface area contributed by atoms with Gasteiger partial charge >= 0.3 is 12.1 Å². The molecule has 0 radical (unpaired) electrons. The smallest absolute Gasteiger partial charge is 0.410 e. The highest BCUT2D eigenvalue weighted by Crippen LogP contribution is 2.46. The van der Waals surface area contributed by atoms with Crippen molar-refractivity contribution in [3.8, 4) is 11.4 Å². The van der Waals surface area contributed by atoms with Gasteiger partial charge in [-0.15, -0.1) is 0 Å². The number of cyclic esters (lactones) is 1. The predicted octanol–water partition coefficient (Wildman–Crippen LogP) is 4.25. The summed E-state index contributed by atoms with van der Waals surface area (Å²) in [4.78, 5) is 48.4. The molecule has 0 bridgehead atoms. The van der Waals surface area contributed by atoms with E-state index in [-0.39, 0.29) is 23.8 Å². The fourth-order valence-electron chi connectivity index (χ4n) is 7.26. The highest BCUT2D eigenvalue weighted by Gasteiger charge is 2.54. The molecule has 2 fully saturated rings. The number of carbonyl (C=O) groups excluding carboxylic acids is 2. The van der Waals surface area contributed by atoms with Gasteiger partial charge in [0.2, 0.25) is 0 Å². The van der Waals surface area contributed by atoms with Gasteiger partial charge in [-0.3, -0.25) is 14.6 Å². The number of piperazine rings is 1. The molecule has 1 N–H and O–H groups in total. The minimum Gasteiger partial charge on any atom is -0.458 e. The molecule has 1 aliphatic carbocycles. The second kappa shape index (κ2) is 9.36. The van der Waals surface area contributed by atoms with Gasteiger partial charge in [-0.2, -0.15) is 0 Å². The first kappa shape index (κ1) is 27.3. The maximum Gasteiger partial charge on any atom is 0.410 e. The maximum absolute atomic E-state index is 13.7. The summed E-state index contributed by atoms with van der Waals surface area (Å²) in [6.45, 7) is 8.51. The number of nitrogens with zero attached hydrogens (tertiary/aromatic N) is 4. The Morgan fingerprint density at radius 1 is 1.11 bits per heavy atom. The Bertz CT molecular complexity index is 1970. The molecule has 226 valence electrons.